The number of likely N-dealkylation sites (N-methyl/N-ethyl adjacent to an activating group) is 1. The molecule has 0 spiro atoms. The van der Waals surface area contributed by atoms with Crippen molar-refractivity contribution in [2.45, 2.75) is 0 Å². The first-order valence-electron chi connectivity index (χ1n) is 7.94. The van der Waals surface area contributed by atoms with Crippen LogP contribution in [0.1, 0.15) is 10.4 Å². The minimum atomic E-state index is -0.189. The van der Waals surface area contributed by atoms with E-state index in [1.165, 1.54) is 14.2 Å². The van der Waals surface area contributed by atoms with Crippen molar-refractivity contribution in [1.82, 2.24) is 4.90 Å². The van der Waals surface area contributed by atoms with Gasteiger partial charge >= 0.3 is 0 Å². The van der Waals surface area contributed by atoms with Crippen LogP contribution in [-0.4, -0.2) is 52.3 Å². The third-order valence-corrected chi connectivity index (χ3v) is 4.06. The number of rotatable bonds is 8. The number of hydrogen-bond acceptors (Lipinski definition) is 5. The Morgan fingerprint density at radius 3 is 2.23 bits per heavy atom. The molecule has 0 bridgehead atoms. The molecule has 0 aliphatic carbocycles. The summed E-state index contributed by atoms with van der Waals surface area (Å²) in [6.07, 6.45) is 0. The van der Waals surface area contributed by atoms with Gasteiger partial charge in [-0.15, -0.1) is 0 Å². The molecular weight excluding hydrogens is 358 g/mol. The summed E-state index contributed by atoms with van der Waals surface area (Å²) in [6, 6.07) is 10.4. The highest BCUT2D eigenvalue weighted by molar-refractivity contribution is 6.32. The summed E-state index contributed by atoms with van der Waals surface area (Å²) in [4.78, 5) is 14.1. The Morgan fingerprint density at radius 1 is 1.00 bits per heavy atom. The Kier molecular flexibility index (Phi) is 6.97. The molecule has 0 radical (unpaired) electrons. The van der Waals surface area contributed by atoms with Crippen molar-refractivity contribution in [2.24, 2.45) is 0 Å². The number of carbonyl (C=O) groups is 1. The molecule has 26 heavy (non-hydrogen) atoms. The Labute approximate surface area is 158 Å². The molecule has 2 rings (SSSR count). The summed E-state index contributed by atoms with van der Waals surface area (Å²) < 4.78 is 21.2. The molecule has 140 valence electrons. The lowest BCUT2D eigenvalue weighted by molar-refractivity contribution is 0.0773. The maximum atomic E-state index is 12.6. The van der Waals surface area contributed by atoms with Gasteiger partial charge < -0.3 is 23.8 Å². The lowest BCUT2D eigenvalue weighted by atomic mass is 10.1. The zero-order chi connectivity index (χ0) is 19.1. The van der Waals surface area contributed by atoms with Gasteiger partial charge in [-0.25, -0.2) is 0 Å². The standard InChI is InChI=1S/C19H22ClNO5/c1-21(9-10-26-15-7-5-14(23-2)6-8-15)19(22)13-11-16(20)18(25-4)17(12-13)24-3/h5-8,11-12H,9-10H2,1-4H3. The lowest BCUT2D eigenvalue weighted by Gasteiger charge is -2.19. The van der Waals surface area contributed by atoms with Crippen LogP contribution in [0.3, 0.4) is 0 Å². The average Bonchev–Trinajstić information content (AvgIpc) is 2.67. The molecule has 0 atom stereocenters. The smallest absolute Gasteiger partial charge is 0.253 e. The summed E-state index contributed by atoms with van der Waals surface area (Å²) in [5.74, 6) is 2.09. The molecular formula is C19H22ClNO5. The molecule has 2 aromatic carbocycles. The molecule has 0 fully saturated rings. The highest BCUT2D eigenvalue weighted by atomic mass is 35.5. The van der Waals surface area contributed by atoms with E-state index < -0.39 is 0 Å². The van der Waals surface area contributed by atoms with Crippen molar-refractivity contribution in [1.29, 1.82) is 0 Å². The normalized spacial score (nSPS) is 10.2. The minimum Gasteiger partial charge on any atom is -0.497 e. The lowest BCUT2D eigenvalue weighted by Crippen LogP contribution is -2.30. The zero-order valence-electron chi connectivity index (χ0n) is 15.2. The highest BCUT2D eigenvalue weighted by Crippen LogP contribution is 2.36. The molecule has 0 aliphatic heterocycles. The predicted octanol–water partition coefficient (Wildman–Crippen LogP) is 3.52. The first kappa shape index (κ1) is 19.7. The van der Waals surface area contributed by atoms with Crippen molar-refractivity contribution < 1.29 is 23.7 Å². The van der Waals surface area contributed by atoms with Crippen molar-refractivity contribution >= 4 is 17.5 Å². The van der Waals surface area contributed by atoms with Crippen LogP contribution in [0.2, 0.25) is 5.02 Å². The van der Waals surface area contributed by atoms with Gasteiger partial charge in [0.25, 0.3) is 5.91 Å². The number of nitrogens with zero attached hydrogens (tertiary/aromatic N) is 1. The van der Waals surface area contributed by atoms with E-state index in [9.17, 15) is 4.79 Å². The maximum absolute atomic E-state index is 12.6. The SMILES string of the molecule is COc1ccc(OCCN(C)C(=O)c2cc(Cl)c(OC)c(OC)c2)cc1. The number of hydrogen-bond donors (Lipinski definition) is 0. The van der Waals surface area contributed by atoms with Gasteiger partial charge in [-0.1, -0.05) is 11.6 Å². The van der Waals surface area contributed by atoms with Gasteiger partial charge in [-0.05, 0) is 36.4 Å². The van der Waals surface area contributed by atoms with E-state index in [0.717, 1.165) is 5.75 Å². The van der Waals surface area contributed by atoms with E-state index >= 15 is 0 Å². The Morgan fingerprint density at radius 2 is 1.65 bits per heavy atom. The van der Waals surface area contributed by atoms with Crippen LogP contribution in [0.15, 0.2) is 36.4 Å². The van der Waals surface area contributed by atoms with Crippen LogP contribution < -0.4 is 18.9 Å². The molecule has 0 aromatic heterocycles. The maximum Gasteiger partial charge on any atom is 0.253 e. The second-order valence-corrected chi connectivity index (χ2v) is 5.85. The second-order valence-electron chi connectivity index (χ2n) is 5.44. The number of ether oxygens (including phenoxy) is 4. The van der Waals surface area contributed by atoms with Crippen LogP contribution in [-0.2, 0) is 0 Å². The molecule has 2 aromatic rings. The molecule has 6 nitrogen and oxygen atoms in total. The van der Waals surface area contributed by atoms with Gasteiger partial charge in [-0.3, -0.25) is 4.79 Å². The van der Waals surface area contributed by atoms with E-state index in [1.807, 2.05) is 24.3 Å². The molecule has 0 heterocycles. The van der Waals surface area contributed by atoms with Gasteiger partial charge in [0.15, 0.2) is 11.5 Å². The Hall–Kier alpha value is -2.60. The van der Waals surface area contributed by atoms with Crippen LogP contribution >= 0.6 is 11.6 Å². The van der Waals surface area contributed by atoms with Crippen LogP contribution in [0, 0.1) is 0 Å². The highest BCUT2D eigenvalue weighted by Gasteiger charge is 2.18. The molecule has 0 saturated heterocycles. The van der Waals surface area contributed by atoms with Gasteiger partial charge in [0.1, 0.15) is 18.1 Å². The summed E-state index contributed by atoms with van der Waals surface area (Å²) in [5.41, 5.74) is 0.416. The Bertz CT molecular complexity index is 748. The summed E-state index contributed by atoms with van der Waals surface area (Å²) >= 11 is 6.16. The van der Waals surface area contributed by atoms with Gasteiger partial charge in [-0.2, -0.15) is 0 Å². The minimum absolute atomic E-state index is 0.189. The van der Waals surface area contributed by atoms with Gasteiger partial charge in [0, 0.05) is 12.6 Å². The molecule has 0 saturated carbocycles. The zero-order valence-corrected chi connectivity index (χ0v) is 16.0. The topological polar surface area (TPSA) is 57.2 Å². The second kappa shape index (κ2) is 9.20. The number of benzene rings is 2. The van der Waals surface area contributed by atoms with E-state index in [2.05, 4.69) is 0 Å². The fourth-order valence-corrected chi connectivity index (χ4v) is 2.62. The quantitative estimate of drug-likeness (QED) is 0.702. The molecule has 0 aliphatic rings. The first-order chi connectivity index (χ1) is 12.5. The van der Waals surface area contributed by atoms with Crippen molar-refractivity contribution in [2.75, 3.05) is 41.5 Å². The summed E-state index contributed by atoms with van der Waals surface area (Å²) in [7, 11) is 6.30. The third kappa shape index (κ3) is 4.73. The molecule has 0 unspecified atom stereocenters. The van der Waals surface area contributed by atoms with E-state index in [0.29, 0.717) is 41.0 Å². The van der Waals surface area contributed by atoms with Gasteiger partial charge in [0.05, 0.1) is 32.9 Å². The van der Waals surface area contributed by atoms with E-state index in [1.54, 1.807) is 31.2 Å². The average molecular weight is 380 g/mol. The predicted molar refractivity (Wildman–Crippen MR) is 100 cm³/mol. The van der Waals surface area contributed by atoms with Crippen LogP contribution in [0.25, 0.3) is 0 Å². The number of halogens is 1. The fourth-order valence-electron chi connectivity index (χ4n) is 2.34. The van der Waals surface area contributed by atoms with Crippen LogP contribution in [0.5, 0.6) is 23.0 Å². The number of carbonyl (C=O) groups excluding carboxylic acids is 1. The van der Waals surface area contributed by atoms with Crippen molar-refractivity contribution in [3.63, 3.8) is 0 Å². The van der Waals surface area contributed by atoms with E-state index in [-0.39, 0.29) is 5.91 Å². The Balaban J connectivity index is 1.97. The number of methoxy groups -OCH3 is 3. The summed E-state index contributed by atoms with van der Waals surface area (Å²) in [6.45, 7) is 0.770. The molecule has 0 N–H and O–H groups in total. The fraction of sp³-hybridized carbons (Fsp3) is 0.316. The van der Waals surface area contributed by atoms with E-state index in [4.69, 9.17) is 30.5 Å². The van der Waals surface area contributed by atoms with Crippen LogP contribution in [0.4, 0.5) is 0 Å². The largest absolute Gasteiger partial charge is 0.497 e. The monoisotopic (exact) mass is 379 g/mol. The summed E-state index contributed by atoms with van der Waals surface area (Å²) in [5, 5.41) is 0.318. The van der Waals surface area contributed by atoms with Crippen molar-refractivity contribution in [3.05, 3.63) is 47.0 Å². The first-order valence-corrected chi connectivity index (χ1v) is 8.31. The third-order valence-electron chi connectivity index (χ3n) is 3.78. The number of amides is 1. The molecule has 1 amide bonds. The molecule has 7 heteroatoms. The van der Waals surface area contributed by atoms with Crippen molar-refractivity contribution in [3.8, 4) is 23.0 Å². The van der Waals surface area contributed by atoms with Gasteiger partial charge in [0.2, 0.25) is 0 Å².